The highest BCUT2D eigenvalue weighted by Gasteiger charge is 2.31. The van der Waals surface area contributed by atoms with Crippen molar-refractivity contribution in [2.24, 2.45) is 5.10 Å². The molecule has 116 valence electrons. The third-order valence-corrected chi connectivity index (χ3v) is 4.90. The van der Waals surface area contributed by atoms with Gasteiger partial charge < -0.3 is 4.90 Å². The smallest absolute Gasteiger partial charge is 0.270 e. The fourth-order valence-electron chi connectivity index (χ4n) is 3.57. The highest BCUT2D eigenvalue weighted by Crippen LogP contribution is 2.24. The first-order valence-electron chi connectivity index (χ1n) is 8.02. The number of carbonyl (C=O) groups excluding carboxylic acids is 2. The molecule has 6 nitrogen and oxygen atoms in total. The Morgan fingerprint density at radius 2 is 1.76 bits per heavy atom. The van der Waals surface area contributed by atoms with Crippen LogP contribution in [-0.4, -0.2) is 71.6 Å². The van der Waals surface area contributed by atoms with Crippen molar-refractivity contribution in [1.82, 2.24) is 14.8 Å². The van der Waals surface area contributed by atoms with E-state index >= 15 is 0 Å². The first-order chi connectivity index (χ1) is 10.1. The van der Waals surface area contributed by atoms with E-state index in [0.29, 0.717) is 18.6 Å². The maximum atomic E-state index is 12.5. The highest BCUT2D eigenvalue weighted by atomic mass is 16.2. The van der Waals surface area contributed by atoms with Gasteiger partial charge in [-0.3, -0.25) is 14.5 Å². The van der Waals surface area contributed by atoms with Crippen molar-refractivity contribution in [2.75, 3.05) is 33.2 Å². The average molecular weight is 292 g/mol. The number of amides is 2. The Bertz CT molecular complexity index is 449. The SMILES string of the molecule is CN1N=C(C(=O)N2CCN(C3CCCC3)CC2)CCC1=O. The molecule has 6 heteroatoms. The third-order valence-electron chi connectivity index (χ3n) is 4.90. The number of hydrazone groups is 1. The van der Waals surface area contributed by atoms with Gasteiger partial charge in [0.2, 0.25) is 5.91 Å². The van der Waals surface area contributed by atoms with Gasteiger partial charge in [0.15, 0.2) is 0 Å². The number of piperazine rings is 1. The minimum absolute atomic E-state index is 0.0143. The molecule has 2 aliphatic heterocycles. The molecule has 1 saturated heterocycles. The quantitative estimate of drug-likeness (QED) is 0.752. The lowest BCUT2D eigenvalue weighted by Gasteiger charge is -2.38. The lowest BCUT2D eigenvalue weighted by atomic mass is 10.1. The first kappa shape index (κ1) is 14.5. The minimum Gasteiger partial charge on any atom is -0.335 e. The molecule has 0 aromatic heterocycles. The number of carbonyl (C=O) groups is 2. The zero-order chi connectivity index (χ0) is 14.8. The summed E-state index contributed by atoms with van der Waals surface area (Å²) in [6.45, 7) is 3.51. The van der Waals surface area contributed by atoms with Crippen LogP contribution in [0.15, 0.2) is 5.10 Å². The molecule has 0 radical (unpaired) electrons. The fourth-order valence-corrected chi connectivity index (χ4v) is 3.57. The molecule has 0 aromatic carbocycles. The zero-order valence-electron chi connectivity index (χ0n) is 12.8. The molecule has 1 aliphatic carbocycles. The van der Waals surface area contributed by atoms with E-state index in [4.69, 9.17) is 0 Å². The van der Waals surface area contributed by atoms with Crippen LogP contribution in [0.4, 0.5) is 0 Å². The van der Waals surface area contributed by atoms with Crippen LogP contribution in [0.5, 0.6) is 0 Å². The predicted octanol–water partition coefficient (Wildman–Crippen LogP) is 0.681. The summed E-state index contributed by atoms with van der Waals surface area (Å²) in [7, 11) is 1.62. The Labute approximate surface area is 125 Å². The van der Waals surface area contributed by atoms with E-state index in [1.54, 1.807) is 7.05 Å². The Balaban J connectivity index is 1.55. The standard InChI is InChI=1S/C15H24N4O2/c1-17-14(20)7-6-13(16-17)15(21)19-10-8-18(9-11-19)12-4-2-3-5-12/h12H,2-11H2,1H3. The third kappa shape index (κ3) is 3.10. The Morgan fingerprint density at radius 3 is 2.38 bits per heavy atom. The van der Waals surface area contributed by atoms with Crippen LogP contribution in [0, 0.1) is 0 Å². The van der Waals surface area contributed by atoms with Crippen LogP contribution in [0.2, 0.25) is 0 Å². The summed E-state index contributed by atoms with van der Waals surface area (Å²) in [5, 5.41) is 5.43. The van der Waals surface area contributed by atoms with Crippen molar-refractivity contribution in [2.45, 2.75) is 44.6 Å². The summed E-state index contributed by atoms with van der Waals surface area (Å²) < 4.78 is 0. The van der Waals surface area contributed by atoms with Crippen LogP contribution >= 0.6 is 0 Å². The summed E-state index contributed by atoms with van der Waals surface area (Å²) in [5.74, 6) is -0.00183. The average Bonchev–Trinajstić information content (AvgIpc) is 3.04. The van der Waals surface area contributed by atoms with Gasteiger partial charge in [0.05, 0.1) is 0 Å². The first-order valence-corrected chi connectivity index (χ1v) is 8.02. The van der Waals surface area contributed by atoms with Crippen molar-refractivity contribution >= 4 is 17.5 Å². The summed E-state index contributed by atoms with van der Waals surface area (Å²) in [5.41, 5.74) is 0.534. The van der Waals surface area contributed by atoms with Gasteiger partial charge in [-0.1, -0.05) is 12.8 Å². The second-order valence-corrected chi connectivity index (χ2v) is 6.23. The second-order valence-electron chi connectivity index (χ2n) is 6.23. The molecule has 2 fully saturated rings. The van der Waals surface area contributed by atoms with Crippen LogP contribution in [-0.2, 0) is 9.59 Å². The maximum absolute atomic E-state index is 12.5. The summed E-state index contributed by atoms with van der Waals surface area (Å²) in [4.78, 5) is 28.3. The second kappa shape index (κ2) is 6.13. The van der Waals surface area contributed by atoms with E-state index in [1.165, 1.54) is 30.7 Å². The summed E-state index contributed by atoms with van der Waals surface area (Å²) >= 11 is 0. The van der Waals surface area contributed by atoms with Gasteiger partial charge in [0.25, 0.3) is 5.91 Å². The van der Waals surface area contributed by atoms with Crippen LogP contribution in [0.25, 0.3) is 0 Å². The van der Waals surface area contributed by atoms with Gasteiger partial charge >= 0.3 is 0 Å². The Hall–Kier alpha value is -1.43. The van der Waals surface area contributed by atoms with Gasteiger partial charge in [-0.2, -0.15) is 5.10 Å². The van der Waals surface area contributed by atoms with Gasteiger partial charge in [-0.25, -0.2) is 5.01 Å². The molecule has 0 aromatic rings. The molecular weight excluding hydrogens is 268 g/mol. The topological polar surface area (TPSA) is 56.2 Å². The number of rotatable bonds is 2. The van der Waals surface area contributed by atoms with E-state index in [2.05, 4.69) is 10.0 Å². The number of hydrogen-bond donors (Lipinski definition) is 0. The van der Waals surface area contributed by atoms with E-state index in [0.717, 1.165) is 32.2 Å². The van der Waals surface area contributed by atoms with Crippen molar-refractivity contribution < 1.29 is 9.59 Å². The van der Waals surface area contributed by atoms with Gasteiger partial charge in [-0.05, 0) is 12.8 Å². The highest BCUT2D eigenvalue weighted by molar-refractivity contribution is 6.39. The van der Waals surface area contributed by atoms with Gasteiger partial charge in [0.1, 0.15) is 5.71 Å². The van der Waals surface area contributed by atoms with Crippen molar-refractivity contribution in [3.63, 3.8) is 0 Å². The monoisotopic (exact) mass is 292 g/mol. The van der Waals surface area contributed by atoms with Crippen molar-refractivity contribution in [3.05, 3.63) is 0 Å². The molecule has 2 amide bonds. The molecule has 0 atom stereocenters. The molecule has 1 saturated carbocycles. The fraction of sp³-hybridized carbons (Fsp3) is 0.800. The summed E-state index contributed by atoms with van der Waals surface area (Å²) in [6, 6.07) is 0.734. The van der Waals surface area contributed by atoms with E-state index in [1.807, 2.05) is 4.90 Å². The summed E-state index contributed by atoms with van der Waals surface area (Å²) in [6.07, 6.45) is 6.19. The van der Waals surface area contributed by atoms with E-state index in [-0.39, 0.29) is 11.8 Å². The maximum Gasteiger partial charge on any atom is 0.270 e. The van der Waals surface area contributed by atoms with Gasteiger partial charge in [0, 0.05) is 52.1 Å². The minimum atomic E-state index is -0.0161. The van der Waals surface area contributed by atoms with Crippen LogP contribution in [0.1, 0.15) is 38.5 Å². The lowest BCUT2D eigenvalue weighted by Crippen LogP contribution is -2.53. The van der Waals surface area contributed by atoms with Gasteiger partial charge in [-0.15, -0.1) is 0 Å². The molecule has 0 unspecified atom stereocenters. The Morgan fingerprint density at radius 1 is 1.10 bits per heavy atom. The van der Waals surface area contributed by atoms with Crippen LogP contribution in [0.3, 0.4) is 0 Å². The molecule has 0 spiro atoms. The predicted molar refractivity (Wildman–Crippen MR) is 79.8 cm³/mol. The molecule has 2 heterocycles. The van der Waals surface area contributed by atoms with E-state index in [9.17, 15) is 9.59 Å². The molecule has 21 heavy (non-hydrogen) atoms. The number of hydrogen-bond acceptors (Lipinski definition) is 4. The molecule has 3 aliphatic rings. The molecule has 3 rings (SSSR count). The molecule has 0 N–H and O–H groups in total. The van der Waals surface area contributed by atoms with Crippen LogP contribution < -0.4 is 0 Å². The normalized spacial score (nSPS) is 25.4. The largest absolute Gasteiger partial charge is 0.335 e. The zero-order valence-corrected chi connectivity index (χ0v) is 12.8. The Kier molecular flexibility index (Phi) is 4.24. The lowest BCUT2D eigenvalue weighted by molar-refractivity contribution is -0.131. The number of nitrogens with zero attached hydrogens (tertiary/aromatic N) is 4. The van der Waals surface area contributed by atoms with Crippen molar-refractivity contribution in [1.29, 1.82) is 0 Å². The van der Waals surface area contributed by atoms with E-state index < -0.39 is 0 Å². The molecular formula is C15H24N4O2. The molecule has 0 bridgehead atoms. The van der Waals surface area contributed by atoms with Crippen molar-refractivity contribution in [3.8, 4) is 0 Å².